The fourth-order valence-corrected chi connectivity index (χ4v) is 3.07. The lowest BCUT2D eigenvalue weighted by Crippen LogP contribution is -2.33. The molecule has 1 rings (SSSR count). The van der Waals surface area contributed by atoms with Gasteiger partial charge in [-0.2, -0.15) is 0 Å². The van der Waals surface area contributed by atoms with E-state index >= 15 is 0 Å². The third-order valence-electron chi connectivity index (χ3n) is 2.83. The summed E-state index contributed by atoms with van der Waals surface area (Å²) in [6.45, 7) is 4.72. The van der Waals surface area contributed by atoms with Crippen LogP contribution in [0.4, 0.5) is 0 Å². The predicted molar refractivity (Wildman–Crippen MR) is 82.8 cm³/mol. The summed E-state index contributed by atoms with van der Waals surface area (Å²) < 4.78 is 26.7. The Labute approximate surface area is 126 Å². The highest BCUT2D eigenvalue weighted by Gasteiger charge is 2.18. The van der Waals surface area contributed by atoms with Gasteiger partial charge in [-0.1, -0.05) is 6.07 Å². The Bertz CT molecular complexity index is 585. The summed E-state index contributed by atoms with van der Waals surface area (Å²) in [4.78, 5) is 13.9. The summed E-state index contributed by atoms with van der Waals surface area (Å²) in [5.74, 6) is -0.202. The summed E-state index contributed by atoms with van der Waals surface area (Å²) in [6, 6.07) is 5.88. The molecule has 7 heteroatoms. The smallest absolute Gasteiger partial charge is 0.253 e. The van der Waals surface area contributed by atoms with E-state index in [0.29, 0.717) is 18.7 Å². The summed E-state index contributed by atoms with van der Waals surface area (Å²) in [5.41, 5.74) is 0.361. The molecule has 21 heavy (non-hydrogen) atoms. The Kier molecular flexibility index (Phi) is 6.32. The fourth-order valence-electron chi connectivity index (χ4n) is 1.78. The first-order chi connectivity index (χ1) is 9.77. The van der Waals surface area contributed by atoms with Crippen LogP contribution in [0.25, 0.3) is 0 Å². The molecule has 118 valence electrons. The van der Waals surface area contributed by atoms with Gasteiger partial charge in [0.1, 0.15) is 0 Å². The van der Waals surface area contributed by atoms with Crippen molar-refractivity contribution in [1.82, 2.24) is 14.9 Å². The van der Waals surface area contributed by atoms with E-state index in [4.69, 9.17) is 0 Å². The van der Waals surface area contributed by atoms with E-state index in [1.165, 1.54) is 12.1 Å². The number of hydrogen-bond donors (Lipinski definition) is 2. The number of benzene rings is 1. The van der Waals surface area contributed by atoms with Crippen molar-refractivity contribution in [3.8, 4) is 0 Å². The van der Waals surface area contributed by atoms with Crippen LogP contribution in [0.15, 0.2) is 29.2 Å². The molecule has 0 atom stereocenters. The average Bonchev–Trinajstić information content (AvgIpc) is 2.42. The quantitative estimate of drug-likeness (QED) is 0.775. The molecule has 0 heterocycles. The van der Waals surface area contributed by atoms with E-state index in [1.54, 1.807) is 37.9 Å². The minimum Gasteiger partial charge on any atom is -0.340 e. The van der Waals surface area contributed by atoms with Crippen LogP contribution in [0, 0.1) is 0 Å². The van der Waals surface area contributed by atoms with Gasteiger partial charge in [0.25, 0.3) is 5.91 Å². The maximum absolute atomic E-state index is 12.2. The van der Waals surface area contributed by atoms with Crippen LogP contribution in [-0.2, 0) is 10.0 Å². The number of hydrogen-bond acceptors (Lipinski definition) is 4. The van der Waals surface area contributed by atoms with Crippen molar-refractivity contribution >= 4 is 15.9 Å². The minimum atomic E-state index is -3.59. The fraction of sp³-hybridized carbons (Fsp3) is 0.500. The molecule has 0 saturated heterocycles. The molecule has 0 aromatic heterocycles. The van der Waals surface area contributed by atoms with Crippen LogP contribution in [-0.4, -0.2) is 52.5 Å². The standard InChI is InChI=1S/C14H23N3O3S/c1-11(2)16-21(19,20)13-7-5-6-12(10-13)14(18)17(4)9-8-15-3/h5-7,10-11,15-16H,8-9H2,1-4H3. The molecule has 0 saturated carbocycles. The van der Waals surface area contributed by atoms with Crippen LogP contribution < -0.4 is 10.0 Å². The molecule has 1 aromatic carbocycles. The SMILES string of the molecule is CNCCN(C)C(=O)c1cccc(S(=O)(=O)NC(C)C)c1. The Hall–Kier alpha value is -1.44. The van der Waals surface area contributed by atoms with Gasteiger partial charge in [-0.3, -0.25) is 4.79 Å². The van der Waals surface area contributed by atoms with Crippen molar-refractivity contribution in [1.29, 1.82) is 0 Å². The predicted octanol–water partition coefficient (Wildman–Crippen LogP) is 0.665. The number of sulfonamides is 1. The molecule has 0 spiro atoms. The highest BCUT2D eigenvalue weighted by molar-refractivity contribution is 7.89. The number of carbonyl (C=O) groups excluding carboxylic acids is 1. The van der Waals surface area contributed by atoms with Crippen molar-refractivity contribution in [3.63, 3.8) is 0 Å². The van der Waals surface area contributed by atoms with Gasteiger partial charge in [-0.25, -0.2) is 13.1 Å². The van der Waals surface area contributed by atoms with E-state index < -0.39 is 10.0 Å². The maximum atomic E-state index is 12.2. The van der Waals surface area contributed by atoms with Gasteiger partial charge in [0, 0.05) is 31.7 Å². The Morgan fingerprint density at radius 3 is 2.57 bits per heavy atom. The molecule has 0 unspecified atom stereocenters. The van der Waals surface area contributed by atoms with Crippen LogP contribution in [0.2, 0.25) is 0 Å². The normalized spacial score (nSPS) is 11.7. The topological polar surface area (TPSA) is 78.5 Å². The molecule has 1 aromatic rings. The van der Waals surface area contributed by atoms with Crippen molar-refractivity contribution in [3.05, 3.63) is 29.8 Å². The van der Waals surface area contributed by atoms with Crippen LogP contribution >= 0.6 is 0 Å². The second kappa shape index (κ2) is 7.53. The monoisotopic (exact) mass is 313 g/mol. The lowest BCUT2D eigenvalue weighted by atomic mass is 10.2. The zero-order valence-electron chi connectivity index (χ0n) is 12.9. The lowest BCUT2D eigenvalue weighted by molar-refractivity contribution is 0.0796. The first-order valence-electron chi connectivity index (χ1n) is 6.80. The molecular formula is C14H23N3O3S. The maximum Gasteiger partial charge on any atom is 0.253 e. The molecule has 0 radical (unpaired) electrons. The van der Waals surface area contributed by atoms with E-state index in [0.717, 1.165) is 0 Å². The Balaban J connectivity index is 2.98. The van der Waals surface area contributed by atoms with E-state index in [-0.39, 0.29) is 16.8 Å². The first-order valence-corrected chi connectivity index (χ1v) is 8.28. The van der Waals surface area contributed by atoms with Crippen molar-refractivity contribution in [2.75, 3.05) is 27.2 Å². The number of nitrogens with zero attached hydrogens (tertiary/aromatic N) is 1. The number of carbonyl (C=O) groups is 1. The zero-order valence-corrected chi connectivity index (χ0v) is 13.7. The van der Waals surface area contributed by atoms with E-state index in [1.807, 2.05) is 7.05 Å². The first kappa shape index (κ1) is 17.6. The van der Waals surface area contributed by atoms with Crippen LogP contribution in [0.5, 0.6) is 0 Å². The van der Waals surface area contributed by atoms with Gasteiger partial charge in [-0.05, 0) is 39.1 Å². The molecule has 6 nitrogen and oxygen atoms in total. The molecule has 0 fully saturated rings. The number of rotatable bonds is 7. The summed E-state index contributed by atoms with van der Waals surface area (Å²) in [6.07, 6.45) is 0. The van der Waals surface area contributed by atoms with Crippen LogP contribution in [0.3, 0.4) is 0 Å². The van der Waals surface area contributed by atoms with Gasteiger partial charge in [0.05, 0.1) is 4.90 Å². The Morgan fingerprint density at radius 2 is 2.00 bits per heavy atom. The second-order valence-corrected chi connectivity index (χ2v) is 6.85. The van der Waals surface area contributed by atoms with E-state index in [9.17, 15) is 13.2 Å². The molecule has 0 aliphatic heterocycles. The van der Waals surface area contributed by atoms with Crippen molar-refractivity contribution in [2.45, 2.75) is 24.8 Å². The third kappa shape index (κ3) is 5.11. The minimum absolute atomic E-state index is 0.101. The van der Waals surface area contributed by atoms with Gasteiger partial charge in [0.2, 0.25) is 10.0 Å². The molecule has 0 aliphatic carbocycles. The summed E-state index contributed by atoms with van der Waals surface area (Å²) in [5, 5.41) is 2.96. The molecule has 1 amide bonds. The molecule has 0 bridgehead atoms. The van der Waals surface area contributed by atoms with Gasteiger partial charge < -0.3 is 10.2 Å². The zero-order chi connectivity index (χ0) is 16.0. The summed E-state index contributed by atoms with van der Waals surface area (Å²) >= 11 is 0. The lowest BCUT2D eigenvalue weighted by Gasteiger charge is -2.17. The summed E-state index contributed by atoms with van der Waals surface area (Å²) in [7, 11) is -0.0949. The third-order valence-corrected chi connectivity index (χ3v) is 4.48. The largest absolute Gasteiger partial charge is 0.340 e. The van der Waals surface area contributed by atoms with Crippen LogP contribution in [0.1, 0.15) is 24.2 Å². The molecular weight excluding hydrogens is 290 g/mol. The van der Waals surface area contributed by atoms with Gasteiger partial charge >= 0.3 is 0 Å². The molecule has 0 aliphatic rings. The number of amides is 1. The van der Waals surface area contributed by atoms with Gasteiger partial charge in [0.15, 0.2) is 0 Å². The highest BCUT2D eigenvalue weighted by atomic mass is 32.2. The highest BCUT2D eigenvalue weighted by Crippen LogP contribution is 2.13. The van der Waals surface area contributed by atoms with Gasteiger partial charge in [-0.15, -0.1) is 0 Å². The van der Waals surface area contributed by atoms with Crippen molar-refractivity contribution in [2.24, 2.45) is 0 Å². The van der Waals surface area contributed by atoms with E-state index in [2.05, 4.69) is 10.0 Å². The molecule has 2 N–H and O–H groups in total. The second-order valence-electron chi connectivity index (χ2n) is 5.13. The van der Waals surface area contributed by atoms with Crippen molar-refractivity contribution < 1.29 is 13.2 Å². The Morgan fingerprint density at radius 1 is 1.33 bits per heavy atom. The average molecular weight is 313 g/mol. The number of likely N-dealkylation sites (N-methyl/N-ethyl adjacent to an activating group) is 2. The number of nitrogens with one attached hydrogen (secondary N) is 2.